The highest BCUT2D eigenvalue weighted by Crippen LogP contribution is 2.20. The fraction of sp³-hybridized carbons (Fsp3) is 0.435. The molecule has 3 heterocycles. The smallest absolute Gasteiger partial charge is 0.254 e. The molecule has 2 aliphatic heterocycles. The van der Waals surface area contributed by atoms with E-state index < -0.39 is 6.10 Å². The number of aromatic nitrogens is 1. The van der Waals surface area contributed by atoms with E-state index in [0.29, 0.717) is 38.5 Å². The maximum Gasteiger partial charge on any atom is 0.254 e. The van der Waals surface area contributed by atoms with Gasteiger partial charge in [0, 0.05) is 37.1 Å². The summed E-state index contributed by atoms with van der Waals surface area (Å²) in [5, 5.41) is 2.88. The number of pyridine rings is 1. The number of amides is 2. The number of hydrogen-bond donors (Lipinski definition) is 1. The van der Waals surface area contributed by atoms with Crippen LogP contribution in [0.25, 0.3) is 0 Å². The summed E-state index contributed by atoms with van der Waals surface area (Å²) in [6.07, 6.45) is 1.01. The van der Waals surface area contributed by atoms with Crippen molar-refractivity contribution in [3.05, 3.63) is 59.4 Å². The number of aryl methyl sites for hydroxylation is 1. The van der Waals surface area contributed by atoms with Gasteiger partial charge in [-0.2, -0.15) is 0 Å². The van der Waals surface area contributed by atoms with Crippen LogP contribution in [-0.4, -0.2) is 73.8 Å². The van der Waals surface area contributed by atoms with Gasteiger partial charge in [0.25, 0.3) is 11.8 Å². The second kappa shape index (κ2) is 9.89. The molecule has 0 bridgehead atoms. The number of benzene rings is 1. The van der Waals surface area contributed by atoms with Crippen LogP contribution in [0.4, 0.5) is 5.69 Å². The van der Waals surface area contributed by atoms with E-state index in [1.165, 1.54) is 0 Å². The van der Waals surface area contributed by atoms with Gasteiger partial charge in [0.2, 0.25) is 0 Å². The summed E-state index contributed by atoms with van der Waals surface area (Å²) >= 11 is 0. The molecule has 0 aliphatic carbocycles. The van der Waals surface area contributed by atoms with E-state index in [0.717, 1.165) is 30.0 Å². The lowest BCUT2D eigenvalue weighted by Crippen LogP contribution is -2.51. The summed E-state index contributed by atoms with van der Waals surface area (Å²) in [4.78, 5) is 33.9. The molecule has 2 aromatic rings. The predicted molar refractivity (Wildman–Crippen MR) is 116 cm³/mol. The lowest BCUT2D eigenvalue weighted by atomic mass is 10.1. The Kier molecular flexibility index (Phi) is 6.79. The van der Waals surface area contributed by atoms with Crippen molar-refractivity contribution in [2.24, 2.45) is 0 Å². The first kappa shape index (κ1) is 21.3. The normalized spacial score (nSPS) is 19.2. The molecule has 2 saturated heterocycles. The van der Waals surface area contributed by atoms with Gasteiger partial charge < -0.3 is 24.6 Å². The highest BCUT2D eigenvalue weighted by atomic mass is 16.5. The number of carbonyl (C=O) groups is 2. The molecule has 0 saturated carbocycles. The zero-order valence-corrected chi connectivity index (χ0v) is 17.8. The van der Waals surface area contributed by atoms with Crippen molar-refractivity contribution >= 4 is 17.5 Å². The molecule has 164 valence electrons. The van der Waals surface area contributed by atoms with Gasteiger partial charge in [-0.1, -0.05) is 12.1 Å². The monoisotopic (exact) mass is 424 g/mol. The standard InChI is InChI=1S/C23H28N4O4/c1-17-4-3-7-24-20(17)15-25-22(28)21-16-27(10-13-31-21)23(29)18-5-2-6-19(14-18)26-8-11-30-12-9-26/h2-7,14,21H,8-13,15-16H2,1H3,(H,25,28). The van der Waals surface area contributed by atoms with Gasteiger partial charge in [0.05, 0.1) is 38.6 Å². The van der Waals surface area contributed by atoms with Crippen LogP contribution in [0.15, 0.2) is 42.6 Å². The molecule has 2 aliphatic rings. The Morgan fingerprint density at radius 2 is 1.97 bits per heavy atom. The third-order valence-corrected chi connectivity index (χ3v) is 5.66. The van der Waals surface area contributed by atoms with Gasteiger partial charge >= 0.3 is 0 Å². The number of rotatable bonds is 5. The van der Waals surface area contributed by atoms with Crippen LogP contribution < -0.4 is 10.2 Å². The molecule has 2 fully saturated rings. The summed E-state index contributed by atoms with van der Waals surface area (Å²) in [6, 6.07) is 11.5. The Bertz CT molecular complexity index is 929. The van der Waals surface area contributed by atoms with Crippen LogP contribution in [0, 0.1) is 6.92 Å². The molecule has 1 aromatic carbocycles. The second-order valence-corrected chi connectivity index (χ2v) is 7.75. The van der Waals surface area contributed by atoms with Gasteiger partial charge in [0.15, 0.2) is 6.10 Å². The summed E-state index contributed by atoms with van der Waals surface area (Å²) < 4.78 is 11.1. The van der Waals surface area contributed by atoms with Crippen molar-refractivity contribution < 1.29 is 19.1 Å². The van der Waals surface area contributed by atoms with E-state index in [1.54, 1.807) is 11.1 Å². The number of ether oxygens (including phenoxy) is 2. The Morgan fingerprint density at radius 1 is 1.13 bits per heavy atom. The van der Waals surface area contributed by atoms with Crippen molar-refractivity contribution in [1.82, 2.24) is 15.2 Å². The molecule has 1 N–H and O–H groups in total. The lowest BCUT2D eigenvalue weighted by molar-refractivity contribution is -0.137. The van der Waals surface area contributed by atoms with Gasteiger partial charge in [-0.05, 0) is 36.8 Å². The third kappa shape index (κ3) is 5.21. The van der Waals surface area contributed by atoms with Crippen LogP contribution in [-0.2, 0) is 20.8 Å². The molecule has 0 spiro atoms. The van der Waals surface area contributed by atoms with Crippen LogP contribution in [0.5, 0.6) is 0 Å². The summed E-state index contributed by atoms with van der Waals surface area (Å²) in [5.41, 5.74) is 3.47. The average Bonchev–Trinajstić information content (AvgIpc) is 2.83. The van der Waals surface area contributed by atoms with Gasteiger partial charge in [-0.15, -0.1) is 0 Å². The summed E-state index contributed by atoms with van der Waals surface area (Å²) in [7, 11) is 0. The second-order valence-electron chi connectivity index (χ2n) is 7.75. The fourth-order valence-corrected chi connectivity index (χ4v) is 3.82. The van der Waals surface area contributed by atoms with E-state index >= 15 is 0 Å². The lowest BCUT2D eigenvalue weighted by Gasteiger charge is -2.33. The van der Waals surface area contributed by atoms with Crippen LogP contribution in [0.3, 0.4) is 0 Å². The van der Waals surface area contributed by atoms with E-state index in [2.05, 4.69) is 15.2 Å². The van der Waals surface area contributed by atoms with E-state index in [9.17, 15) is 9.59 Å². The Hall–Kier alpha value is -2.97. The number of morpholine rings is 2. The first-order valence-electron chi connectivity index (χ1n) is 10.6. The number of nitrogens with one attached hydrogen (secondary N) is 1. The van der Waals surface area contributed by atoms with Crippen molar-refractivity contribution in [1.29, 1.82) is 0 Å². The number of nitrogens with zero attached hydrogens (tertiary/aromatic N) is 3. The highest BCUT2D eigenvalue weighted by molar-refractivity contribution is 5.95. The van der Waals surface area contributed by atoms with Crippen molar-refractivity contribution in [3.63, 3.8) is 0 Å². The summed E-state index contributed by atoms with van der Waals surface area (Å²) in [6.45, 7) is 6.32. The van der Waals surface area contributed by atoms with Gasteiger partial charge in [0.1, 0.15) is 0 Å². The topological polar surface area (TPSA) is 84.0 Å². The van der Waals surface area contributed by atoms with Crippen LogP contribution in [0.1, 0.15) is 21.6 Å². The highest BCUT2D eigenvalue weighted by Gasteiger charge is 2.30. The number of anilines is 1. The minimum atomic E-state index is -0.691. The van der Waals surface area contributed by atoms with E-state index in [1.807, 2.05) is 43.3 Å². The Balaban J connectivity index is 1.37. The SMILES string of the molecule is Cc1cccnc1CNC(=O)C1CN(C(=O)c2cccc(N3CCOCC3)c2)CCO1. The first-order valence-corrected chi connectivity index (χ1v) is 10.6. The molecule has 2 amide bonds. The minimum absolute atomic E-state index is 0.0863. The molecule has 4 rings (SSSR count). The number of carbonyl (C=O) groups excluding carboxylic acids is 2. The molecule has 1 aromatic heterocycles. The average molecular weight is 425 g/mol. The molecule has 8 nitrogen and oxygen atoms in total. The molecule has 1 unspecified atom stereocenters. The maximum absolute atomic E-state index is 13.1. The van der Waals surface area contributed by atoms with Gasteiger partial charge in [-0.25, -0.2) is 0 Å². The Labute approximate surface area is 182 Å². The Morgan fingerprint density at radius 3 is 2.77 bits per heavy atom. The van der Waals surface area contributed by atoms with Gasteiger partial charge in [-0.3, -0.25) is 14.6 Å². The van der Waals surface area contributed by atoms with E-state index in [-0.39, 0.29) is 18.4 Å². The maximum atomic E-state index is 13.1. The van der Waals surface area contributed by atoms with Crippen molar-refractivity contribution in [2.45, 2.75) is 19.6 Å². The summed E-state index contributed by atoms with van der Waals surface area (Å²) in [5.74, 6) is -0.318. The molecular formula is C23H28N4O4. The molecule has 1 atom stereocenters. The van der Waals surface area contributed by atoms with Crippen LogP contribution >= 0.6 is 0 Å². The third-order valence-electron chi connectivity index (χ3n) is 5.66. The van der Waals surface area contributed by atoms with Crippen molar-refractivity contribution in [3.8, 4) is 0 Å². The molecule has 8 heteroatoms. The largest absolute Gasteiger partial charge is 0.378 e. The number of hydrogen-bond acceptors (Lipinski definition) is 6. The van der Waals surface area contributed by atoms with Crippen molar-refractivity contribution in [2.75, 3.05) is 50.9 Å². The zero-order valence-electron chi connectivity index (χ0n) is 17.8. The minimum Gasteiger partial charge on any atom is -0.378 e. The fourth-order valence-electron chi connectivity index (χ4n) is 3.82. The molecule has 0 radical (unpaired) electrons. The quantitative estimate of drug-likeness (QED) is 0.781. The van der Waals surface area contributed by atoms with Crippen LogP contribution in [0.2, 0.25) is 0 Å². The van der Waals surface area contributed by atoms with E-state index in [4.69, 9.17) is 9.47 Å². The first-order chi connectivity index (χ1) is 15.1. The molecular weight excluding hydrogens is 396 g/mol. The molecule has 31 heavy (non-hydrogen) atoms. The zero-order chi connectivity index (χ0) is 21.6. The predicted octanol–water partition coefficient (Wildman–Crippen LogP) is 1.38.